The third kappa shape index (κ3) is 1.64. The molecular formula is C10H14O4. The van der Waals surface area contributed by atoms with Crippen LogP contribution in [0.3, 0.4) is 0 Å². The lowest BCUT2D eigenvalue weighted by Gasteiger charge is -2.39. The Labute approximate surface area is 83.1 Å². The number of allylic oxidation sites excluding steroid dienone is 1. The maximum absolute atomic E-state index is 5.40. The van der Waals surface area contributed by atoms with E-state index in [4.69, 9.17) is 18.9 Å². The van der Waals surface area contributed by atoms with Crippen molar-refractivity contribution < 1.29 is 18.9 Å². The van der Waals surface area contributed by atoms with Gasteiger partial charge in [0.25, 0.3) is 11.9 Å². The van der Waals surface area contributed by atoms with E-state index in [-0.39, 0.29) is 5.41 Å². The van der Waals surface area contributed by atoms with E-state index in [2.05, 4.69) is 6.58 Å². The Morgan fingerprint density at radius 3 is 2.07 bits per heavy atom. The first-order valence-corrected chi connectivity index (χ1v) is 4.60. The van der Waals surface area contributed by atoms with Crippen LogP contribution in [0.1, 0.15) is 6.92 Å². The Morgan fingerprint density at radius 1 is 1.07 bits per heavy atom. The molecule has 2 saturated heterocycles. The molecule has 14 heavy (non-hydrogen) atoms. The van der Waals surface area contributed by atoms with Crippen molar-refractivity contribution in [2.24, 2.45) is 5.41 Å². The quantitative estimate of drug-likeness (QED) is 0.589. The van der Waals surface area contributed by atoms with Crippen molar-refractivity contribution >= 4 is 0 Å². The highest BCUT2D eigenvalue weighted by Gasteiger charge is 2.41. The Hall–Kier alpha value is -1.32. The Bertz CT molecular complexity index is 247. The maximum Gasteiger partial charge on any atom is 0.274 e. The first-order chi connectivity index (χ1) is 6.74. The first-order valence-electron chi connectivity index (χ1n) is 4.60. The monoisotopic (exact) mass is 198 g/mol. The molecule has 2 aliphatic rings. The molecule has 0 N–H and O–H groups in total. The highest BCUT2D eigenvalue weighted by atomic mass is 16.7. The van der Waals surface area contributed by atoms with Gasteiger partial charge in [0.2, 0.25) is 0 Å². The molecule has 0 saturated carbocycles. The third-order valence-corrected chi connectivity index (χ3v) is 2.36. The van der Waals surface area contributed by atoms with Crippen LogP contribution in [0.25, 0.3) is 0 Å². The molecule has 2 fully saturated rings. The molecule has 1 spiro atoms. The number of ether oxygens (including phenoxy) is 4. The van der Waals surface area contributed by atoms with Crippen molar-refractivity contribution in [1.29, 1.82) is 0 Å². The molecule has 0 radical (unpaired) electrons. The Kier molecular flexibility index (Phi) is 2.27. The van der Waals surface area contributed by atoms with Gasteiger partial charge in [0.1, 0.15) is 31.8 Å². The van der Waals surface area contributed by atoms with Gasteiger partial charge >= 0.3 is 0 Å². The summed E-state index contributed by atoms with van der Waals surface area (Å²) in [5.74, 6) is 0.965. The molecule has 0 amide bonds. The SMILES string of the molecule is C=C1OCC2(CO1)COC(=CC)OC2. The smallest absolute Gasteiger partial charge is 0.274 e. The highest BCUT2D eigenvalue weighted by molar-refractivity contribution is 4.93. The van der Waals surface area contributed by atoms with Gasteiger partial charge in [-0.25, -0.2) is 0 Å². The minimum absolute atomic E-state index is 0.173. The van der Waals surface area contributed by atoms with Crippen molar-refractivity contribution in [2.75, 3.05) is 26.4 Å². The lowest BCUT2D eigenvalue weighted by Crippen LogP contribution is -2.46. The van der Waals surface area contributed by atoms with Gasteiger partial charge in [0.15, 0.2) is 0 Å². The zero-order valence-corrected chi connectivity index (χ0v) is 8.25. The third-order valence-electron chi connectivity index (χ3n) is 2.36. The predicted molar refractivity (Wildman–Crippen MR) is 49.1 cm³/mol. The number of hydrogen-bond acceptors (Lipinski definition) is 4. The van der Waals surface area contributed by atoms with E-state index in [1.54, 1.807) is 6.08 Å². The lowest BCUT2D eigenvalue weighted by molar-refractivity contribution is -0.185. The van der Waals surface area contributed by atoms with E-state index in [0.717, 1.165) is 0 Å². The average Bonchev–Trinajstić information content (AvgIpc) is 2.24. The van der Waals surface area contributed by atoms with Gasteiger partial charge in [0.05, 0.1) is 0 Å². The predicted octanol–water partition coefficient (Wildman–Crippen LogP) is 1.40. The Balaban J connectivity index is 1.96. The summed E-state index contributed by atoms with van der Waals surface area (Å²) >= 11 is 0. The average molecular weight is 198 g/mol. The molecule has 0 aliphatic carbocycles. The zero-order valence-electron chi connectivity index (χ0n) is 8.25. The second-order valence-electron chi connectivity index (χ2n) is 3.63. The van der Waals surface area contributed by atoms with Gasteiger partial charge in [-0.15, -0.1) is 0 Å². The van der Waals surface area contributed by atoms with Crippen LogP contribution in [0.5, 0.6) is 0 Å². The summed E-state index contributed by atoms with van der Waals surface area (Å²) in [6.07, 6.45) is 1.80. The van der Waals surface area contributed by atoms with Gasteiger partial charge in [0, 0.05) is 0 Å². The summed E-state index contributed by atoms with van der Waals surface area (Å²) in [6, 6.07) is 0. The normalized spacial score (nSPS) is 24.4. The molecule has 2 aliphatic heterocycles. The molecule has 0 bridgehead atoms. The molecule has 2 rings (SSSR count). The van der Waals surface area contributed by atoms with Crippen LogP contribution in [0.4, 0.5) is 0 Å². The second-order valence-corrected chi connectivity index (χ2v) is 3.63. The van der Waals surface area contributed by atoms with Crippen LogP contribution < -0.4 is 0 Å². The molecule has 4 nitrogen and oxygen atoms in total. The fraction of sp³-hybridized carbons (Fsp3) is 0.600. The van der Waals surface area contributed by atoms with Crippen molar-refractivity contribution in [3.8, 4) is 0 Å². The topological polar surface area (TPSA) is 36.9 Å². The lowest BCUT2D eigenvalue weighted by atomic mass is 9.91. The van der Waals surface area contributed by atoms with Gasteiger partial charge in [-0.2, -0.15) is 0 Å². The minimum Gasteiger partial charge on any atom is -0.465 e. The standard InChI is InChI=1S/C10H14O4/c1-3-9-13-6-10(7-14-9)4-11-8(2)12-5-10/h3H,2,4-7H2,1H3. The largest absolute Gasteiger partial charge is 0.465 e. The van der Waals surface area contributed by atoms with Crippen LogP contribution in [0, 0.1) is 5.41 Å². The zero-order chi connectivity index (χ0) is 10.0. The van der Waals surface area contributed by atoms with Crippen LogP contribution in [-0.4, -0.2) is 26.4 Å². The fourth-order valence-corrected chi connectivity index (χ4v) is 1.42. The van der Waals surface area contributed by atoms with Gasteiger partial charge in [-0.3, -0.25) is 0 Å². The maximum atomic E-state index is 5.40. The second kappa shape index (κ2) is 3.44. The minimum atomic E-state index is -0.173. The molecule has 0 aromatic rings. The molecule has 0 aromatic carbocycles. The Morgan fingerprint density at radius 2 is 1.57 bits per heavy atom. The van der Waals surface area contributed by atoms with Crippen LogP contribution >= 0.6 is 0 Å². The van der Waals surface area contributed by atoms with E-state index in [9.17, 15) is 0 Å². The van der Waals surface area contributed by atoms with Gasteiger partial charge < -0.3 is 18.9 Å². The summed E-state index contributed by atoms with van der Waals surface area (Å²) in [6.45, 7) is 7.69. The first kappa shape index (κ1) is 9.24. The number of rotatable bonds is 0. The van der Waals surface area contributed by atoms with Crippen LogP contribution in [-0.2, 0) is 18.9 Å². The molecule has 4 heteroatoms. The van der Waals surface area contributed by atoms with Crippen molar-refractivity contribution in [1.82, 2.24) is 0 Å². The summed E-state index contributed by atoms with van der Waals surface area (Å²) in [7, 11) is 0. The molecule has 0 aromatic heterocycles. The van der Waals surface area contributed by atoms with E-state index in [1.165, 1.54) is 0 Å². The van der Waals surface area contributed by atoms with Gasteiger partial charge in [-0.1, -0.05) is 0 Å². The summed E-state index contributed by atoms with van der Waals surface area (Å²) < 4.78 is 21.3. The molecule has 78 valence electrons. The fourth-order valence-electron chi connectivity index (χ4n) is 1.42. The van der Waals surface area contributed by atoms with Crippen LogP contribution in [0.15, 0.2) is 24.5 Å². The molecule has 2 heterocycles. The van der Waals surface area contributed by atoms with E-state index in [1.807, 2.05) is 6.92 Å². The molecule has 0 atom stereocenters. The van der Waals surface area contributed by atoms with E-state index in [0.29, 0.717) is 38.3 Å². The van der Waals surface area contributed by atoms with E-state index < -0.39 is 0 Å². The van der Waals surface area contributed by atoms with Crippen molar-refractivity contribution in [3.05, 3.63) is 24.5 Å². The van der Waals surface area contributed by atoms with Gasteiger partial charge in [-0.05, 0) is 19.6 Å². The summed E-state index contributed by atoms with van der Waals surface area (Å²) in [5, 5.41) is 0. The van der Waals surface area contributed by atoms with Crippen molar-refractivity contribution in [3.63, 3.8) is 0 Å². The number of hydrogen-bond donors (Lipinski definition) is 0. The molecular weight excluding hydrogens is 184 g/mol. The highest BCUT2D eigenvalue weighted by Crippen LogP contribution is 2.31. The molecule has 0 unspecified atom stereocenters. The van der Waals surface area contributed by atoms with Crippen molar-refractivity contribution in [2.45, 2.75) is 6.92 Å². The summed E-state index contributed by atoms with van der Waals surface area (Å²) in [4.78, 5) is 0. The summed E-state index contributed by atoms with van der Waals surface area (Å²) in [5.41, 5.74) is -0.173. The van der Waals surface area contributed by atoms with Crippen LogP contribution in [0.2, 0.25) is 0 Å². The van der Waals surface area contributed by atoms with E-state index >= 15 is 0 Å².